The van der Waals surface area contributed by atoms with Gasteiger partial charge in [-0.25, -0.2) is 9.97 Å². The van der Waals surface area contributed by atoms with Gasteiger partial charge in [0.1, 0.15) is 11.6 Å². The molecule has 0 spiro atoms. The number of aromatic nitrogens is 6. The van der Waals surface area contributed by atoms with E-state index in [1.165, 1.54) is 16.3 Å². The van der Waals surface area contributed by atoms with Crippen molar-refractivity contribution in [2.75, 3.05) is 0 Å². The Morgan fingerprint density at radius 2 is 1.44 bits per heavy atom. The summed E-state index contributed by atoms with van der Waals surface area (Å²) in [6.45, 7) is 6.29. The van der Waals surface area contributed by atoms with Crippen molar-refractivity contribution in [1.82, 2.24) is 30.1 Å². The number of fused-ring (bicyclic) bond motifs is 9. The lowest BCUT2D eigenvalue weighted by Crippen LogP contribution is -1.88. The first kappa shape index (κ1) is 19.2. The van der Waals surface area contributed by atoms with Crippen molar-refractivity contribution < 1.29 is 0 Å². The number of rotatable bonds is 2. The zero-order chi connectivity index (χ0) is 23.0. The fourth-order valence-corrected chi connectivity index (χ4v) is 5.06. The van der Waals surface area contributed by atoms with Crippen LogP contribution in [0.15, 0.2) is 60.9 Å². The van der Waals surface area contributed by atoms with Gasteiger partial charge in [0.25, 0.3) is 0 Å². The average molecular weight is 443 g/mol. The minimum Gasteiger partial charge on any atom is -0.342 e. The van der Waals surface area contributed by atoms with Crippen LogP contribution in [-0.2, 0) is 0 Å². The summed E-state index contributed by atoms with van der Waals surface area (Å²) in [7, 11) is 0. The average Bonchev–Trinajstić information content (AvgIpc) is 3.47. The minimum atomic E-state index is 0.314. The number of hydrogen-bond acceptors (Lipinski definition) is 4. The fourth-order valence-electron chi connectivity index (χ4n) is 5.06. The zero-order valence-electron chi connectivity index (χ0n) is 19.1. The number of benzene rings is 4. The van der Waals surface area contributed by atoms with Gasteiger partial charge in [-0.1, -0.05) is 44.2 Å². The largest absolute Gasteiger partial charge is 0.342 e. The number of nitrogens with zero attached hydrogens (tertiary/aromatic N) is 4. The van der Waals surface area contributed by atoms with Crippen LogP contribution in [-0.4, -0.2) is 30.1 Å². The predicted molar refractivity (Wildman–Crippen MR) is 138 cm³/mol. The molecule has 7 rings (SSSR count). The third kappa shape index (κ3) is 2.68. The number of hydrogen-bond donors (Lipinski definition) is 2. The maximum atomic E-state index is 4.90. The molecule has 0 radical (unpaired) electrons. The highest BCUT2D eigenvalue weighted by molar-refractivity contribution is 6.23. The molecular formula is C28H22N6. The smallest absolute Gasteiger partial charge is 0.109 e. The number of nitrogens with one attached hydrogen (secondary N) is 2. The molecule has 0 saturated carbocycles. The topological polar surface area (TPSA) is 83.1 Å². The van der Waals surface area contributed by atoms with E-state index in [1.54, 1.807) is 0 Å². The highest BCUT2D eigenvalue weighted by Crippen LogP contribution is 2.37. The summed E-state index contributed by atoms with van der Waals surface area (Å²) in [5.74, 6) is 2.23. The molecule has 0 aliphatic heterocycles. The molecule has 0 saturated heterocycles. The van der Waals surface area contributed by atoms with Crippen molar-refractivity contribution >= 4 is 54.4 Å². The highest BCUT2D eigenvalue weighted by atomic mass is 15.1. The Bertz CT molecular complexity index is 1910. The summed E-state index contributed by atoms with van der Waals surface area (Å²) in [5, 5.41) is 15.1. The molecule has 0 fully saturated rings. The standard InChI is InChI=1S/C28H22N6/c1-14(2)28-33-26-20-8-5-17(11-21(20)22-12-29-30-13-23(22)27(26)34-28)16-4-7-19-18(10-16)6-9-24-25(19)32-15(3)31-24/h4-14H,1-3H3,(H,31,32)(H,33,34). The van der Waals surface area contributed by atoms with E-state index < -0.39 is 0 Å². The van der Waals surface area contributed by atoms with E-state index in [0.29, 0.717) is 5.92 Å². The predicted octanol–water partition coefficient (Wildman–Crippen LogP) is 6.79. The van der Waals surface area contributed by atoms with E-state index >= 15 is 0 Å². The first-order valence-electron chi connectivity index (χ1n) is 11.5. The van der Waals surface area contributed by atoms with Crippen LogP contribution in [0.2, 0.25) is 0 Å². The molecule has 4 aromatic carbocycles. The molecule has 6 nitrogen and oxygen atoms in total. The number of aryl methyl sites for hydroxylation is 1. The number of aromatic amines is 2. The van der Waals surface area contributed by atoms with Crippen LogP contribution >= 0.6 is 0 Å². The molecule has 3 aromatic heterocycles. The second-order valence-electron chi connectivity index (χ2n) is 9.30. The first-order chi connectivity index (χ1) is 16.6. The highest BCUT2D eigenvalue weighted by Gasteiger charge is 2.16. The molecule has 0 unspecified atom stereocenters. The SMILES string of the molecule is Cc1nc2ccc3cc(-c4ccc5c(c4)c4cnncc4c4nc(C(C)C)[nH]c54)ccc3c2[nH]1. The second kappa shape index (κ2) is 6.84. The Hall–Kier alpha value is -4.32. The summed E-state index contributed by atoms with van der Waals surface area (Å²) in [5.41, 5.74) is 6.44. The Morgan fingerprint density at radius 3 is 2.26 bits per heavy atom. The normalized spacial score (nSPS) is 12.2. The molecule has 34 heavy (non-hydrogen) atoms. The summed E-state index contributed by atoms with van der Waals surface area (Å²) in [6, 6.07) is 17.5. The van der Waals surface area contributed by atoms with Crippen LogP contribution in [0, 0.1) is 6.92 Å². The molecule has 0 atom stereocenters. The molecule has 0 aliphatic carbocycles. The van der Waals surface area contributed by atoms with Crippen molar-refractivity contribution in [1.29, 1.82) is 0 Å². The summed E-state index contributed by atoms with van der Waals surface area (Å²) < 4.78 is 0. The Morgan fingerprint density at radius 1 is 0.676 bits per heavy atom. The summed E-state index contributed by atoms with van der Waals surface area (Å²) in [6.07, 6.45) is 3.67. The fraction of sp³-hybridized carbons (Fsp3) is 0.143. The monoisotopic (exact) mass is 442 g/mol. The Kier molecular flexibility index (Phi) is 3.86. The van der Waals surface area contributed by atoms with Gasteiger partial charge in [0.15, 0.2) is 0 Å². The van der Waals surface area contributed by atoms with Gasteiger partial charge in [0.2, 0.25) is 0 Å². The van der Waals surface area contributed by atoms with Gasteiger partial charge in [-0.15, -0.1) is 0 Å². The Balaban J connectivity index is 1.49. The van der Waals surface area contributed by atoms with Crippen LogP contribution in [0.4, 0.5) is 0 Å². The summed E-state index contributed by atoms with van der Waals surface area (Å²) >= 11 is 0. The molecule has 0 amide bonds. The zero-order valence-corrected chi connectivity index (χ0v) is 19.1. The van der Waals surface area contributed by atoms with Crippen molar-refractivity contribution in [3.05, 3.63) is 72.6 Å². The molecule has 164 valence electrons. The van der Waals surface area contributed by atoms with Gasteiger partial charge in [-0.05, 0) is 47.0 Å². The van der Waals surface area contributed by atoms with Crippen molar-refractivity contribution in [3.8, 4) is 11.1 Å². The number of H-pyrrole nitrogens is 2. The lowest BCUT2D eigenvalue weighted by molar-refractivity contribution is 0.799. The second-order valence-corrected chi connectivity index (χ2v) is 9.30. The quantitative estimate of drug-likeness (QED) is 0.289. The third-order valence-corrected chi connectivity index (χ3v) is 6.76. The number of imidazole rings is 2. The van der Waals surface area contributed by atoms with Crippen LogP contribution in [0.25, 0.3) is 65.5 Å². The lowest BCUT2D eigenvalue weighted by Gasteiger charge is -2.09. The van der Waals surface area contributed by atoms with Crippen molar-refractivity contribution in [2.24, 2.45) is 0 Å². The van der Waals surface area contributed by atoms with E-state index in [4.69, 9.17) is 4.98 Å². The van der Waals surface area contributed by atoms with Gasteiger partial charge in [-0.2, -0.15) is 10.2 Å². The van der Waals surface area contributed by atoms with Crippen LogP contribution in [0.5, 0.6) is 0 Å². The first-order valence-corrected chi connectivity index (χ1v) is 11.5. The van der Waals surface area contributed by atoms with E-state index in [1.807, 2.05) is 19.3 Å². The molecular weight excluding hydrogens is 420 g/mol. The molecule has 0 bridgehead atoms. The molecule has 6 heteroatoms. The molecule has 0 aliphatic rings. The van der Waals surface area contributed by atoms with Gasteiger partial charge in [0, 0.05) is 27.5 Å². The van der Waals surface area contributed by atoms with Gasteiger partial charge >= 0.3 is 0 Å². The van der Waals surface area contributed by atoms with Crippen molar-refractivity contribution in [3.63, 3.8) is 0 Å². The van der Waals surface area contributed by atoms with Gasteiger partial charge in [-0.3, -0.25) is 0 Å². The minimum absolute atomic E-state index is 0.314. The van der Waals surface area contributed by atoms with Gasteiger partial charge in [0.05, 0.1) is 34.5 Å². The van der Waals surface area contributed by atoms with Gasteiger partial charge < -0.3 is 9.97 Å². The maximum Gasteiger partial charge on any atom is 0.109 e. The summed E-state index contributed by atoms with van der Waals surface area (Å²) in [4.78, 5) is 16.4. The molecule has 3 heterocycles. The van der Waals surface area contributed by atoms with Crippen LogP contribution in [0.1, 0.15) is 31.4 Å². The Labute approximate surface area is 195 Å². The van der Waals surface area contributed by atoms with E-state index in [9.17, 15) is 0 Å². The lowest BCUT2D eigenvalue weighted by atomic mass is 9.95. The van der Waals surface area contributed by atoms with Crippen LogP contribution in [0.3, 0.4) is 0 Å². The van der Waals surface area contributed by atoms with Crippen LogP contribution < -0.4 is 0 Å². The van der Waals surface area contributed by atoms with E-state index in [-0.39, 0.29) is 0 Å². The maximum absolute atomic E-state index is 4.90. The molecule has 7 aromatic rings. The van der Waals surface area contributed by atoms with E-state index in [2.05, 4.69) is 87.5 Å². The van der Waals surface area contributed by atoms with E-state index in [0.717, 1.165) is 60.8 Å². The third-order valence-electron chi connectivity index (χ3n) is 6.76. The molecule has 2 N–H and O–H groups in total. The van der Waals surface area contributed by atoms with Crippen molar-refractivity contribution in [2.45, 2.75) is 26.7 Å².